The number of para-hydroxylation sites is 2. The molecule has 0 aliphatic rings. The van der Waals surface area contributed by atoms with Crippen LogP contribution in [0.2, 0.25) is 0 Å². The number of rotatable bonds is 5. The third-order valence-corrected chi connectivity index (χ3v) is 4.38. The van der Waals surface area contributed by atoms with Gasteiger partial charge in [0.1, 0.15) is 12.3 Å². The van der Waals surface area contributed by atoms with Gasteiger partial charge in [-0.1, -0.05) is 24.3 Å². The highest BCUT2D eigenvalue weighted by Crippen LogP contribution is 2.27. The van der Waals surface area contributed by atoms with Gasteiger partial charge in [0.05, 0.1) is 18.5 Å². The Balaban J connectivity index is 1.85. The molecule has 0 bridgehead atoms. The molecular weight excluding hydrogens is 398 g/mol. The number of hydrogen-bond donors (Lipinski definition) is 1. The minimum Gasteiger partial charge on any atom is -0.496 e. The predicted octanol–water partition coefficient (Wildman–Crippen LogP) is 3.32. The first-order valence-corrected chi connectivity index (χ1v) is 8.63. The van der Waals surface area contributed by atoms with Crippen LogP contribution in [0.25, 0.3) is 11.3 Å². The van der Waals surface area contributed by atoms with Crippen LogP contribution in [0.1, 0.15) is 0 Å². The van der Waals surface area contributed by atoms with Crippen LogP contribution < -0.4 is 15.6 Å². The Bertz CT molecular complexity index is 1000. The van der Waals surface area contributed by atoms with E-state index in [9.17, 15) is 9.59 Å². The molecule has 132 valence electrons. The van der Waals surface area contributed by atoms with Crippen molar-refractivity contribution in [1.82, 2.24) is 9.78 Å². The van der Waals surface area contributed by atoms with Crippen LogP contribution in [-0.2, 0) is 11.3 Å². The summed E-state index contributed by atoms with van der Waals surface area (Å²) in [5.74, 6) is 0.298. The zero-order chi connectivity index (χ0) is 18.5. The summed E-state index contributed by atoms with van der Waals surface area (Å²) in [6.45, 7) is -0.191. The standard InChI is InChI=1S/C19H16BrN3O3/c1-26-17-9-5-2-6-13(17)15-10-11-19(25)23(22-15)12-18(24)21-16-8-4-3-7-14(16)20/h2-11H,12H2,1H3,(H,21,24). The largest absolute Gasteiger partial charge is 0.496 e. The van der Waals surface area contributed by atoms with Crippen LogP contribution in [0.15, 0.2) is 69.9 Å². The monoisotopic (exact) mass is 413 g/mol. The summed E-state index contributed by atoms with van der Waals surface area (Å²) in [4.78, 5) is 24.4. The number of nitrogens with zero attached hydrogens (tertiary/aromatic N) is 2. The topological polar surface area (TPSA) is 73.2 Å². The Morgan fingerprint density at radius 1 is 1.12 bits per heavy atom. The van der Waals surface area contributed by atoms with Crippen molar-refractivity contribution < 1.29 is 9.53 Å². The molecule has 0 fully saturated rings. The Morgan fingerprint density at radius 2 is 1.85 bits per heavy atom. The number of carbonyl (C=O) groups is 1. The molecule has 0 unspecified atom stereocenters. The Hall–Kier alpha value is -2.93. The molecule has 1 amide bonds. The zero-order valence-corrected chi connectivity index (χ0v) is 15.6. The van der Waals surface area contributed by atoms with Gasteiger partial charge in [-0.05, 0) is 46.3 Å². The van der Waals surface area contributed by atoms with Crippen LogP contribution in [0.3, 0.4) is 0 Å². The molecule has 0 aliphatic carbocycles. The van der Waals surface area contributed by atoms with Crippen molar-refractivity contribution in [2.45, 2.75) is 6.54 Å². The number of hydrogen-bond acceptors (Lipinski definition) is 4. The molecule has 1 aromatic heterocycles. The molecule has 0 aliphatic heterocycles. The number of methoxy groups -OCH3 is 1. The van der Waals surface area contributed by atoms with Crippen molar-refractivity contribution in [2.75, 3.05) is 12.4 Å². The molecule has 0 spiro atoms. The van der Waals surface area contributed by atoms with Gasteiger partial charge in [-0.3, -0.25) is 9.59 Å². The van der Waals surface area contributed by atoms with E-state index in [2.05, 4.69) is 26.3 Å². The lowest BCUT2D eigenvalue weighted by Gasteiger charge is -2.11. The summed E-state index contributed by atoms with van der Waals surface area (Å²) < 4.78 is 7.22. The molecular formula is C19H16BrN3O3. The highest BCUT2D eigenvalue weighted by atomic mass is 79.9. The minimum atomic E-state index is -0.356. The van der Waals surface area contributed by atoms with Gasteiger partial charge < -0.3 is 10.1 Å². The number of nitrogens with one attached hydrogen (secondary N) is 1. The van der Waals surface area contributed by atoms with Gasteiger partial charge in [0.2, 0.25) is 5.91 Å². The minimum absolute atomic E-state index is 0.191. The zero-order valence-electron chi connectivity index (χ0n) is 14.0. The Labute approximate surface area is 158 Å². The van der Waals surface area contributed by atoms with Gasteiger partial charge in [0, 0.05) is 16.1 Å². The second kappa shape index (κ2) is 7.97. The smallest absolute Gasteiger partial charge is 0.267 e. The molecule has 26 heavy (non-hydrogen) atoms. The summed E-state index contributed by atoms with van der Waals surface area (Å²) in [5, 5.41) is 7.06. The molecule has 6 nitrogen and oxygen atoms in total. The van der Waals surface area contributed by atoms with Crippen molar-refractivity contribution in [2.24, 2.45) is 0 Å². The lowest BCUT2D eigenvalue weighted by Crippen LogP contribution is -2.29. The van der Waals surface area contributed by atoms with Gasteiger partial charge >= 0.3 is 0 Å². The average Bonchev–Trinajstić information content (AvgIpc) is 2.65. The Kier molecular flexibility index (Phi) is 5.48. The van der Waals surface area contributed by atoms with E-state index in [-0.39, 0.29) is 18.0 Å². The van der Waals surface area contributed by atoms with E-state index in [4.69, 9.17) is 4.74 Å². The predicted molar refractivity (Wildman–Crippen MR) is 103 cm³/mol. The molecule has 0 saturated carbocycles. The normalized spacial score (nSPS) is 10.4. The quantitative estimate of drug-likeness (QED) is 0.695. The van der Waals surface area contributed by atoms with Crippen LogP contribution in [0.5, 0.6) is 5.75 Å². The van der Waals surface area contributed by atoms with E-state index < -0.39 is 0 Å². The first-order chi connectivity index (χ1) is 12.6. The van der Waals surface area contributed by atoms with E-state index in [0.717, 1.165) is 14.7 Å². The van der Waals surface area contributed by atoms with Crippen molar-refractivity contribution in [3.63, 3.8) is 0 Å². The number of ether oxygens (including phenoxy) is 1. The van der Waals surface area contributed by atoms with E-state index in [0.29, 0.717) is 17.1 Å². The first kappa shape index (κ1) is 17.9. The summed E-state index contributed by atoms with van der Waals surface area (Å²) >= 11 is 3.37. The fraction of sp³-hybridized carbons (Fsp3) is 0.105. The van der Waals surface area contributed by atoms with E-state index in [1.54, 1.807) is 19.2 Å². The van der Waals surface area contributed by atoms with E-state index in [1.165, 1.54) is 6.07 Å². The van der Waals surface area contributed by atoms with Gasteiger partial charge in [0.25, 0.3) is 5.56 Å². The van der Waals surface area contributed by atoms with E-state index in [1.807, 2.05) is 42.5 Å². The molecule has 7 heteroatoms. The van der Waals surface area contributed by atoms with Gasteiger partial charge in [-0.2, -0.15) is 5.10 Å². The summed E-state index contributed by atoms with van der Waals surface area (Å²) in [6.07, 6.45) is 0. The second-order valence-corrected chi connectivity index (χ2v) is 6.30. The second-order valence-electron chi connectivity index (χ2n) is 5.44. The lowest BCUT2D eigenvalue weighted by molar-refractivity contribution is -0.117. The molecule has 2 aromatic carbocycles. The van der Waals surface area contributed by atoms with Crippen LogP contribution in [-0.4, -0.2) is 22.8 Å². The molecule has 3 rings (SSSR count). The fourth-order valence-electron chi connectivity index (χ4n) is 2.45. The molecule has 3 aromatic rings. The van der Waals surface area contributed by atoms with Crippen LogP contribution in [0.4, 0.5) is 5.69 Å². The summed E-state index contributed by atoms with van der Waals surface area (Å²) in [5.41, 5.74) is 1.57. The molecule has 0 atom stereocenters. The van der Waals surface area contributed by atoms with E-state index >= 15 is 0 Å². The SMILES string of the molecule is COc1ccccc1-c1ccc(=O)n(CC(=O)Nc2ccccc2Br)n1. The van der Waals surface area contributed by atoms with Crippen molar-refractivity contribution >= 4 is 27.5 Å². The maximum Gasteiger partial charge on any atom is 0.267 e. The maximum absolute atomic E-state index is 12.3. The van der Waals surface area contributed by atoms with Crippen LogP contribution >= 0.6 is 15.9 Å². The van der Waals surface area contributed by atoms with Gasteiger partial charge in [-0.15, -0.1) is 0 Å². The fourth-order valence-corrected chi connectivity index (χ4v) is 2.83. The third kappa shape index (κ3) is 4.00. The van der Waals surface area contributed by atoms with Crippen molar-refractivity contribution in [1.29, 1.82) is 0 Å². The summed E-state index contributed by atoms with van der Waals surface area (Å²) in [6, 6.07) is 17.6. The van der Waals surface area contributed by atoms with Gasteiger partial charge in [-0.25, -0.2) is 4.68 Å². The van der Waals surface area contributed by atoms with Crippen molar-refractivity contribution in [3.05, 3.63) is 75.5 Å². The highest BCUT2D eigenvalue weighted by Gasteiger charge is 2.11. The third-order valence-electron chi connectivity index (χ3n) is 3.69. The number of benzene rings is 2. The Morgan fingerprint density at radius 3 is 2.62 bits per heavy atom. The van der Waals surface area contributed by atoms with Crippen LogP contribution in [0, 0.1) is 0 Å². The molecule has 1 N–H and O–H groups in total. The molecule has 0 radical (unpaired) electrons. The maximum atomic E-state index is 12.3. The molecule has 1 heterocycles. The number of carbonyl (C=O) groups excluding carboxylic acids is 1. The van der Waals surface area contributed by atoms with Gasteiger partial charge in [0.15, 0.2) is 0 Å². The molecule has 0 saturated heterocycles. The highest BCUT2D eigenvalue weighted by molar-refractivity contribution is 9.10. The number of anilines is 1. The summed E-state index contributed by atoms with van der Waals surface area (Å²) in [7, 11) is 1.57. The average molecular weight is 414 g/mol. The first-order valence-electron chi connectivity index (χ1n) is 7.84. The number of amides is 1. The number of halogens is 1. The van der Waals surface area contributed by atoms with Crippen molar-refractivity contribution in [3.8, 4) is 17.0 Å². The number of aromatic nitrogens is 2. The lowest BCUT2D eigenvalue weighted by atomic mass is 10.1.